The third-order valence-electron chi connectivity index (χ3n) is 4.96. The van der Waals surface area contributed by atoms with Gasteiger partial charge in [0.1, 0.15) is 11.5 Å². The fourth-order valence-electron chi connectivity index (χ4n) is 3.56. The third-order valence-corrected chi connectivity index (χ3v) is 4.96. The lowest BCUT2D eigenvalue weighted by Crippen LogP contribution is -2.28. The highest BCUT2D eigenvalue weighted by atomic mass is 16.5. The predicted octanol–water partition coefficient (Wildman–Crippen LogP) is 4.58. The van der Waals surface area contributed by atoms with E-state index in [0.29, 0.717) is 17.9 Å². The summed E-state index contributed by atoms with van der Waals surface area (Å²) in [7, 11) is 1.60. The van der Waals surface area contributed by atoms with Gasteiger partial charge in [0.05, 0.1) is 18.9 Å². The minimum absolute atomic E-state index is 0.00804. The number of likely N-dealkylation sites (tertiary alicyclic amines) is 1. The Bertz CT molecular complexity index is 887. The van der Waals surface area contributed by atoms with E-state index in [1.807, 2.05) is 65.6 Å². The van der Waals surface area contributed by atoms with Gasteiger partial charge < -0.3 is 14.1 Å². The Morgan fingerprint density at radius 1 is 1.08 bits per heavy atom. The van der Waals surface area contributed by atoms with Crippen molar-refractivity contribution in [2.75, 3.05) is 20.2 Å². The number of nitrogens with zero attached hydrogens (tertiary/aromatic N) is 1. The van der Waals surface area contributed by atoms with Crippen molar-refractivity contribution in [3.8, 4) is 16.9 Å². The zero-order valence-corrected chi connectivity index (χ0v) is 14.7. The molecule has 0 bridgehead atoms. The van der Waals surface area contributed by atoms with Gasteiger partial charge in [-0.3, -0.25) is 4.79 Å². The van der Waals surface area contributed by atoms with E-state index in [9.17, 15) is 4.79 Å². The molecule has 132 valence electrons. The summed E-state index contributed by atoms with van der Waals surface area (Å²) in [6, 6.07) is 19.7. The minimum Gasteiger partial charge on any atom is -0.496 e. The number of rotatable bonds is 4. The van der Waals surface area contributed by atoms with Crippen molar-refractivity contribution < 1.29 is 13.9 Å². The van der Waals surface area contributed by atoms with E-state index in [4.69, 9.17) is 9.15 Å². The van der Waals surface area contributed by atoms with Crippen molar-refractivity contribution in [2.45, 2.75) is 12.3 Å². The van der Waals surface area contributed by atoms with E-state index in [0.717, 1.165) is 29.9 Å². The van der Waals surface area contributed by atoms with Crippen LogP contribution in [0.15, 0.2) is 71.3 Å². The second kappa shape index (κ2) is 7.08. The summed E-state index contributed by atoms with van der Waals surface area (Å²) in [5.41, 5.74) is 2.70. The largest absolute Gasteiger partial charge is 0.496 e. The number of benzene rings is 2. The lowest BCUT2D eigenvalue weighted by molar-refractivity contribution is 0.0787. The lowest BCUT2D eigenvalue weighted by Gasteiger charge is -2.18. The van der Waals surface area contributed by atoms with Crippen molar-refractivity contribution in [1.82, 2.24) is 4.90 Å². The van der Waals surface area contributed by atoms with Crippen LogP contribution >= 0.6 is 0 Å². The number of amides is 1. The molecule has 0 aliphatic carbocycles. The SMILES string of the molecule is COc1ccc(-c2ccccc2)cc1C(=O)N1CCC(c2ccco2)C1. The average Bonchev–Trinajstić information content (AvgIpc) is 3.39. The summed E-state index contributed by atoms with van der Waals surface area (Å²) in [4.78, 5) is 15.0. The van der Waals surface area contributed by atoms with Crippen LogP contribution in [-0.2, 0) is 0 Å². The van der Waals surface area contributed by atoms with Crippen LogP contribution in [-0.4, -0.2) is 31.0 Å². The Hall–Kier alpha value is -3.01. The molecule has 1 saturated heterocycles. The zero-order chi connectivity index (χ0) is 17.9. The van der Waals surface area contributed by atoms with E-state index in [2.05, 4.69) is 0 Å². The lowest BCUT2D eigenvalue weighted by atomic mass is 10.0. The molecule has 2 aromatic carbocycles. The van der Waals surface area contributed by atoms with Gasteiger partial charge in [0.15, 0.2) is 0 Å². The number of ether oxygens (including phenoxy) is 1. The summed E-state index contributed by atoms with van der Waals surface area (Å²) in [6.07, 6.45) is 2.60. The van der Waals surface area contributed by atoms with Gasteiger partial charge in [0, 0.05) is 19.0 Å². The monoisotopic (exact) mass is 347 g/mol. The van der Waals surface area contributed by atoms with Gasteiger partial charge in [-0.1, -0.05) is 36.4 Å². The molecule has 0 spiro atoms. The maximum Gasteiger partial charge on any atom is 0.257 e. The van der Waals surface area contributed by atoms with E-state index >= 15 is 0 Å². The summed E-state index contributed by atoms with van der Waals surface area (Å²) in [5, 5.41) is 0. The van der Waals surface area contributed by atoms with Crippen LogP contribution < -0.4 is 4.74 Å². The van der Waals surface area contributed by atoms with Crippen LogP contribution in [0.25, 0.3) is 11.1 Å². The van der Waals surface area contributed by atoms with Gasteiger partial charge in [-0.05, 0) is 41.8 Å². The van der Waals surface area contributed by atoms with Crippen molar-refractivity contribution >= 4 is 5.91 Å². The fraction of sp³-hybridized carbons (Fsp3) is 0.227. The summed E-state index contributed by atoms with van der Waals surface area (Å²) in [6.45, 7) is 1.40. The first-order valence-corrected chi connectivity index (χ1v) is 8.82. The van der Waals surface area contributed by atoms with Crippen LogP contribution in [0.2, 0.25) is 0 Å². The van der Waals surface area contributed by atoms with Crippen LogP contribution in [0.4, 0.5) is 0 Å². The molecule has 1 fully saturated rings. The second-order valence-electron chi connectivity index (χ2n) is 6.53. The molecular weight excluding hydrogens is 326 g/mol. The number of hydrogen-bond acceptors (Lipinski definition) is 3. The first-order valence-electron chi connectivity index (χ1n) is 8.82. The average molecular weight is 347 g/mol. The smallest absolute Gasteiger partial charge is 0.257 e. The molecule has 1 atom stereocenters. The van der Waals surface area contributed by atoms with Gasteiger partial charge in [-0.15, -0.1) is 0 Å². The third kappa shape index (κ3) is 3.10. The van der Waals surface area contributed by atoms with Gasteiger partial charge >= 0.3 is 0 Å². The molecular formula is C22H21NO3. The van der Waals surface area contributed by atoms with E-state index in [1.54, 1.807) is 13.4 Å². The number of carbonyl (C=O) groups excluding carboxylic acids is 1. The predicted molar refractivity (Wildman–Crippen MR) is 100 cm³/mol. The number of hydrogen-bond donors (Lipinski definition) is 0. The number of carbonyl (C=O) groups is 1. The van der Waals surface area contributed by atoms with Crippen LogP contribution in [0.1, 0.15) is 28.5 Å². The molecule has 4 rings (SSSR count). The Labute approximate surface area is 153 Å². The molecule has 2 heterocycles. The summed E-state index contributed by atoms with van der Waals surface area (Å²) < 4.78 is 11.0. The Kier molecular flexibility index (Phi) is 4.48. The van der Waals surface area contributed by atoms with E-state index in [1.165, 1.54) is 0 Å². The molecule has 1 aromatic heterocycles. The molecule has 1 aliphatic rings. The molecule has 0 radical (unpaired) electrons. The molecule has 0 N–H and O–H groups in total. The zero-order valence-electron chi connectivity index (χ0n) is 14.7. The molecule has 0 saturated carbocycles. The Balaban J connectivity index is 1.61. The maximum atomic E-state index is 13.1. The highest BCUT2D eigenvalue weighted by Crippen LogP contribution is 2.32. The topological polar surface area (TPSA) is 42.7 Å². The van der Waals surface area contributed by atoms with E-state index in [-0.39, 0.29) is 11.8 Å². The first-order chi connectivity index (χ1) is 12.8. The fourth-order valence-corrected chi connectivity index (χ4v) is 3.56. The van der Waals surface area contributed by atoms with Gasteiger partial charge in [0.2, 0.25) is 0 Å². The van der Waals surface area contributed by atoms with Gasteiger partial charge in [-0.25, -0.2) is 0 Å². The number of methoxy groups -OCH3 is 1. The van der Waals surface area contributed by atoms with Crippen molar-refractivity contribution in [3.63, 3.8) is 0 Å². The maximum absolute atomic E-state index is 13.1. The van der Waals surface area contributed by atoms with Crippen molar-refractivity contribution in [3.05, 3.63) is 78.3 Å². The van der Waals surface area contributed by atoms with Crippen LogP contribution in [0.5, 0.6) is 5.75 Å². The minimum atomic E-state index is 0.00804. The normalized spacial score (nSPS) is 16.7. The van der Waals surface area contributed by atoms with Crippen molar-refractivity contribution in [2.24, 2.45) is 0 Å². The molecule has 3 aromatic rings. The molecule has 1 amide bonds. The molecule has 4 nitrogen and oxygen atoms in total. The second-order valence-corrected chi connectivity index (χ2v) is 6.53. The standard InChI is InChI=1S/C22H21NO3/c1-25-21-10-9-17(16-6-3-2-4-7-16)14-19(21)22(24)23-12-11-18(15-23)20-8-5-13-26-20/h2-10,13-14,18H,11-12,15H2,1H3. The van der Waals surface area contributed by atoms with Crippen LogP contribution in [0.3, 0.4) is 0 Å². The molecule has 26 heavy (non-hydrogen) atoms. The Morgan fingerprint density at radius 2 is 1.92 bits per heavy atom. The highest BCUT2D eigenvalue weighted by molar-refractivity contribution is 5.98. The van der Waals surface area contributed by atoms with E-state index < -0.39 is 0 Å². The quantitative estimate of drug-likeness (QED) is 0.693. The summed E-state index contributed by atoms with van der Waals surface area (Å²) >= 11 is 0. The molecule has 4 heteroatoms. The first kappa shape index (κ1) is 16.5. The summed E-state index contributed by atoms with van der Waals surface area (Å²) in [5.74, 6) is 1.83. The molecule has 1 aliphatic heterocycles. The van der Waals surface area contributed by atoms with Crippen molar-refractivity contribution in [1.29, 1.82) is 0 Å². The van der Waals surface area contributed by atoms with Crippen LogP contribution in [0, 0.1) is 0 Å². The number of furan rings is 1. The van der Waals surface area contributed by atoms with Gasteiger partial charge in [-0.2, -0.15) is 0 Å². The highest BCUT2D eigenvalue weighted by Gasteiger charge is 2.30. The van der Waals surface area contributed by atoms with Gasteiger partial charge in [0.25, 0.3) is 5.91 Å². The Morgan fingerprint density at radius 3 is 2.65 bits per heavy atom. The molecule has 1 unspecified atom stereocenters.